The fourth-order valence-corrected chi connectivity index (χ4v) is 1.15. The molecule has 2 N–H and O–H groups in total. The highest BCUT2D eigenvalue weighted by atomic mass is 19.1. The predicted octanol–water partition coefficient (Wildman–Crippen LogP) is 1.20. The zero-order valence-corrected chi connectivity index (χ0v) is 7.49. The van der Waals surface area contributed by atoms with Crippen molar-refractivity contribution < 1.29 is 14.1 Å². The van der Waals surface area contributed by atoms with Crippen molar-refractivity contribution in [1.82, 2.24) is 0 Å². The van der Waals surface area contributed by atoms with Crippen LogP contribution in [0.15, 0.2) is 12.1 Å². The lowest BCUT2D eigenvalue weighted by atomic mass is 10.1. The molecule has 14 heavy (non-hydrogen) atoms. The fraction of sp³-hybridized carbons (Fsp3) is 0.250. The number of halogens is 1. The van der Waals surface area contributed by atoms with E-state index in [4.69, 9.17) is 10.5 Å². The van der Waals surface area contributed by atoms with Crippen LogP contribution in [0.4, 0.5) is 10.1 Å². The zero-order valence-electron chi connectivity index (χ0n) is 7.49. The Bertz CT molecular complexity index is 368. The molecule has 0 aliphatic rings. The third-order valence-corrected chi connectivity index (χ3v) is 1.77. The molecule has 0 spiro atoms. The smallest absolute Gasteiger partial charge is 0.280 e. The summed E-state index contributed by atoms with van der Waals surface area (Å²) in [6.45, 7) is -0.0697. The van der Waals surface area contributed by atoms with E-state index in [1.165, 1.54) is 7.11 Å². The summed E-state index contributed by atoms with van der Waals surface area (Å²) in [6, 6.07) is 1.89. The Balaban J connectivity index is 3.39. The SMILES string of the molecule is COc1cc(F)cc([N+](=O)[O-])c1CN. The molecular formula is C8H9FN2O3. The second-order valence-corrected chi connectivity index (χ2v) is 2.57. The first kappa shape index (κ1) is 10.4. The summed E-state index contributed by atoms with van der Waals surface area (Å²) in [7, 11) is 1.30. The predicted molar refractivity (Wildman–Crippen MR) is 47.5 cm³/mol. The molecular weight excluding hydrogens is 191 g/mol. The second-order valence-electron chi connectivity index (χ2n) is 2.57. The van der Waals surface area contributed by atoms with Gasteiger partial charge in [0.15, 0.2) is 0 Å². The van der Waals surface area contributed by atoms with Crippen LogP contribution in [0.3, 0.4) is 0 Å². The summed E-state index contributed by atoms with van der Waals surface area (Å²) in [5, 5.41) is 10.5. The molecule has 0 aliphatic heterocycles. The topological polar surface area (TPSA) is 78.4 Å². The van der Waals surface area contributed by atoms with Crippen molar-refractivity contribution in [3.8, 4) is 5.75 Å². The molecule has 0 saturated carbocycles. The Kier molecular flexibility index (Phi) is 2.98. The van der Waals surface area contributed by atoms with Gasteiger partial charge < -0.3 is 10.5 Å². The summed E-state index contributed by atoms with van der Waals surface area (Å²) in [4.78, 5) is 9.84. The molecule has 1 rings (SSSR count). The molecule has 0 unspecified atom stereocenters. The quantitative estimate of drug-likeness (QED) is 0.587. The Labute approximate surface area is 79.4 Å². The van der Waals surface area contributed by atoms with Crippen molar-refractivity contribution in [1.29, 1.82) is 0 Å². The van der Waals surface area contributed by atoms with Crippen LogP contribution in [0.5, 0.6) is 5.75 Å². The summed E-state index contributed by atoms with van der Waals surface area (Å²) in [5.41, 5.74) is 5.14. The van der Waals surface area contributed by atoms with E-state index >= 15 is 0 Å². The van der Waals surface area contributed by atoms with Crippen LogP contribution in [0.25, 0.3) is 0 Å². The van der Waals surface area contributed by atoms with Gasteiger partial charge in [-0.2, -0.15) is 0 Å². The molecule has 0 radical (unpaired) electrons. The zero-order chi connectivity index (χ0) is 10.7. The third kappa shape index (κ3) is 1.80. The van der Waals surface area contributed by atoms with Crippen LogP contribution in [0.1, 0.15) is 5.56 Å². The van der Waals surface area contributed by atoms with Gasteiger partial charge in [-0.25, -0.2) is 4.39 Å². The average Bonchev–Trinajstić information content (AvgIpc) is 2.16. The van der Waals surface area contributed by atoms with Gasteiger partial charge in [-0.1, -0.05) is 0 Å². The minimum absolute atomic E-state index is 0.0697. The maximum absolute atomic E-state index is 12.9. The molecule has 0 atom stereocenters. The maximum Gasteiger partial charge on any atom is 0.280 e. The van der Waals surface area contributed by atoms with Crippen LogP contribution >= 0.6 is 0 Å². The average molecular weight is 200 g/mol. The maximum atomic E-state index is 12.9. The number of hydrogen-bond donors (Lipinski definition) is 1. The van der Waals surface area contributed by atoms with Crippen LogP contribution in [-0.4, -0.2) is 12.0 Å². The van der Waals surface area contributed by atoms with Crippen molar-refractivity contribution in [3.05, 3.63) is 33.6 Å². The van der Waals surface area contributed by atoms with Gasteiger partial charge in [-0.3, -0.25) is 10.1 Å². The number of benzene rings is 1. The molecule has 0 fully saturated rings. The van der Waals surface area contributed by atoms with E-state index in [1.54, 1.807) is 0 Å². The molecule has 1 aromatic rings. The molecule has 0 heterocycles. The number of nitrogens with two attached hydrogens (primary N) is 1. The molecule has 0 bridgehead atoms. The Hall–Kier alpha value is -1.69. The molecule has 1 aromatic carbocycles. The van der Waals surface area contributed by atoms with Gasteiger partial charge in [0.05, 0.1) is 23.7 Å². The number of methoxy groups -OCH3 is 1. The Morgan fingerprint density at radius 3 is 2.71 bits per heavy atom. The molecule has 5 nitrogen and oxygen atoms in total. The number of nitrogens with zero attached hydrogens (tertiary/aromatic N) is 1. The number of nitro groups is 1. The van der Waals surface area contributed by atoms with Crippen LogP contribution in [-0.2, 0) is 6.54 Å². The Morgan fingerprint density at radius 1 is 1.64 bits per heavy atom. The highest BCUT2D eigenvalue weighted by molar-refractivity contribution is 5.49. The van der Waals surface area contributed by atoms with E-state index in [1.807, 2.05) is 0 Å². The molecule has 6 heteroatoms. The summed E-state index contributed by atoms with van der Waals surface area (Å²) in [6.07, 6.45) is 0. The first-order chi connectivity index (χ1) is 6.60. The summed E-state index contributed by atoms with van der Waals surface area (Å²) < 4.78 is 17.6. The van der Waals surface area contributed by atoms with Crippen molar-refractivity contribution >= 4 is 5.69 Å². The van der Waals surface area contributed by atoms with Crippen LogP contribution in [0, 0.1) is 15.9 Å². The highest BCUT2D eigenvalue weighted by Crippen LogP contribution is 2.29. The van der Waals surface area contributed by atoms with E-state index in [-0.39, 0.29) is 23.5 Å². The number of rotatable bonds is 3. The van der Waals surface area contributed by atoms with Gasteiger partial charge in [0.2, 0.25) is 0 Å². The monoisotopic (exact) mass is 200 g/mol. The summed E-state index contributed by atoms with van der Waals surface area (Å²) >= 11 is 0. The van der Waals surface area contributed by atoms with E-state index < -0.39 is 10.7 Å². The molecule has 0 aliphatic carbocycles. The van der Waals surface area contributed by atoms with Gasteiger partial charge in [0, 0.05) is 12.6 Å². The first-order valence-corrected chi connectivity index (χ1v) is 3.81. The van der Waals surface area contributed by atoms with Crippen molar-refractivity contribution in [2.24, 2.45) is 5.73 Å². The summed E-state index contributed by atoms with van der Waals surface area (Å²) in [5.74, 6) is -0.620. The molecule has 76 valence electrons. The van der Waals surface area contributed by atoms with Crippen molar-refractivity contribution in [2.45, 2.75) is 6.54 Å². The van der Waals surface area contributed by atoms with Crippen molar-refractivity contribution in [2.75, 3.05) is 7.11 Å². The second kappa shape index (κ2) is 4.01. The number of ether oxygens (including phenoxy) is 1. The van der Waals surface area contributed by atoms with E-state index in [0.29, 0.717) is 0 Å². The van der Waals surface area contributed by atoms with Crippen LogP contribution in [0.2, 0.25) is 0 Å². The standard InChI is InChI=1S/C8H9FN2O3/c1-14-8-3-5(9)2-7(11(12)13)6(8)4-10/h2-3H,4,10H2,1H3. The number of nitro benzene ring substituents is 1. The van der Waals surface area contributed by atoms with Gasteiger partial charge in [0.25, 0.3) is 5.69 Å². The van der Waals surface area contributed by atoms with Crippen molar-refractivity contribution in [3.63, 3.8) is 0 Å². The Morgan fingerprint density at radius 2 is 2.29 bits per heavy atom. The normalized spacial score (nSPS) is 9.93. The fourth-order valence-electron chi connectivity index (χ4n) is 1.15. The molecule has 0 amide bonds. The minimum atomic E-state index is -0.717. The van der Waals surface area contributed by atoms with Crippen LogP contribution < -0.4 is 10.5 Å². The van der Waals surface area contributed by atoms with Gasteiger partial charge in [-0.05, 0) is 0 Å². The lowest BCUT2D eigenvalue weighted by Crippen LogP contribution is -2.05. The highest BCUT2D eigenvalue weighted by Gasteiger charge is 2.19. The van der Waals surface area contributed by atoms with Gasteiger partial charge >= 0.3 is 0 Å². The number of hydrogen-bond acceptors (Lipinski definition) is 4. The van der Waals surface area contributed by atoms with E-state index in [9.17, 15) is 14.5 Å². The van der Waals surface area contributed by atoms with E-state index in [2.05, 4.69) is 0 Å². The molecule has 0 aromatic heterocycles. The molecule has 0 saturated heterocycles. The third-order valence-electron chi connectivity index (χ3n) is 1.77. The van der Waals surface area contributed by atoms with E-state index in [0.717, 1.165) is 12.1 Å². The van der Waals surface area contributed by atoms with Gasteiger partial charge in [-0.15, -0.1) is 0 Å². The largest absolute Gasteiger partial charge is 0.496 e. The lowest BCUT2D eigenvalue weighted by Gasteiger charge is -2.06. The van der Waals surface area contributed by atoms with Gasteiger partial charge in [0.1, 0.15) is 11.6 Å². The first-order valence-electron chi connectivity index (χ1n) is 3.81. The minimum Gasteiger partial charge on any atom is -0.496 e. The lowest BCUT2D eigenvalue weighted by molar-refractivity contribution is -0.385.